The molecule has 0 aliphatic carbocycles. The van der Waals surface area contributed by atoms with Gasteiger partial charge >= 0.3 is 18.0 Å². The number of hydrogen-bond donors (Lipinski definition) is 3. The Morgan fingerprint density at radius 1 is 1.15 bits per heavy atom. The van der Waals surface area contributed by atoms with Crippen LogP contribution in [0.15, 0.2) is 47.6 Å². The Morgan fingerprint density at radius 3 is 2.56 bits per heavy atom. The molecule has 0 spiro atoms. The highest BCUT2D eigenvalue weighted by Gasteiger charge is 2.30. The number of anilines is 1. The maximum Gasteiger partial charge on any atom is 0.416 e. The van der Waals surface area contributed by atoms with Crippen LogP contribution in [-0.4, -0.2) is 30.2 Å². The van der Waals surface area contributed by atoms with Gasteiger partial charge in [0.25, 0.3) is 0 Å². The molecule has 3 N–H and O–H groups in total. The monoisotopic (exact) mass is 381 g/mol. The molecule has 0 atom stereocenters. The van der Waals surface area contributed by atoms with Crippen LogP contribution >= 0.6 is 0 Å². The molecule has 2 rings (SSSR count). The number of nitrogens with one attached hydrogen (secondary N) is 2. The smallest absolute Gasteiger partial charge is 0.416 e. The van der Waals surface area contributed by atoms with E-state index in [2.05, 4.69) is 10.4 Å². The van der Waals surface area contributed by atoms with Crippen molar-refractivity contribution in [3.63, 3.8) is 0 Å². The molecule has 0 saturated carbocycles. The predicted octanol–water partition coefficient (Wildman–Crippen LogP) is 2.51. The van der Waals surface area contributed by atoms with Gasteiger partial charge in [0.2, 0.25) is 0 Å². The van der Waals surface area contributed by atoms with Gasteiger partial charge in [0, 0.05) is 5.69 Å². The van der Waals surface area contributed by atoms with Gasteiger partial charge < -0.3 is 15.2 Å². The van der Waals surface area contributed by atoms with Crippen LogP contribution < -0.4 is 15.5 Å². The van der Waals surface area contributed by atoms with Gasteiger partial charge in [-0.2, -0.15) is 18.3 Å². The van der Waals surface area contributed by atoms with Crippen molar-refractivity contribution in [1.29, 1.82) is 0 Å². The van der Waals surface area contributed by atoms with Crippen LogP contribution in [0.4, 0.5) is 18.9 Å². The van der Waals surface area contributed by atoms with E-state index in [1.807, 2.05) is 5.43 Å². The molecular weight excluding hydrogens is 367 g/mol. The van der Waals surface area contributed by atoms with E-state index in [4.69, 9.17) is 4.74 Å². The summed E-state index contributed by atoms with van der Waals surface area (Å²) < 4.78 is 42.8. The third-order valence-electron chi connectivity index (χ3n) is 3.24. The Hall–Kier alpha value is -3.56. The average molecular weight is 381 g/mol. The number of phenols is 1. The fourth-order valence-electron chi connectivity index (χ4n) is 1.95. The summed E-state index contributed by atoms with van der Waals surface area (Å²) in [7, 11) is 1.36. The van der Waals surface area contributed by atoms with E-state index < -0.39 is 23.6 Å². The summed E-state index contributed by atoms with van der Waals surface area (Å²) in [5.41, 5.74) is 1.26. The second-order valence-electron chi connectivity index (χ2n) is 5.16. The highest BCUT2D eigenvalue weighted by Crippen LogP contribution is 2.30. The lowest BCUT2D eigenvalue weighted by Gasteiger charge is -2.09. The normalized spacial score (nSPS) is 11.3. The number of nitrogens with zero attached hydrogens (tertiary/aromatic N) is 1. The molecule has 0 aliphatic heterocycles. The Kier molecular flexibility index (Phi) is 6.01. The zero-order valence-electron chi connectivity index (χ0n) is 13.9. The van der Waals surface area contributed by atoms with Crippen molar-refractivity contribution in [2.45, 2.75) is 6.18 Å². The number of ether oxygens (including phenoxy) is 1. The topological polar surface area (TPSA) is 100 Å². The Morgan fingerprint density at radius 2 is 1.89 bits per heavy atom. The summed E-state index contributed by atoms with van der Waals surface area (Å²) in [5, 5.41) is 15.1. The molecule has 7 nitrogen and oxygen atoms in total. The van der Waals surface area contributed by atoms with Gasteiger partial charge in [-0.25, -0.2) is 5.43 Å². The lowest BCUT2D eigenvalue weighted by molar-refractivity contribution is -0.137. The zero-order chi connectivity index (χ0) is 20.0. The molecule has 0 heterocycles. The number of methoxy groups -OCH3 is 1. The second-order valence-corrected chi connectivity index (χ2v) is 5.16. The number of amides is 2. The van der Waals surface area contributed by atoms with Crippen molar-refractivity contribution in [1.82, 2.24) is 5.43 Å². The number of carbonyl (C=O) groups excluding carboxylic acids is 2. The van der Waals surface area contributed by atoms with Crippen molar-refractivity contribution >= 4 is 23.7 Å². The van der Waals surface area contributed by atoms with Crippen LogP contribution in [0, 0.1) is 0 Å². The van der Waals surface area contributed by atoms with Gasteiger partial charge in [0.15, 0.2) is 11.5 Å². The number of carbonyl (C=O) groups is 2. The van der Waals surface area contributed by atoms with Crippen LogP contribution in [0.25, 0.3) is 0 Å². The third kappa shape index (κ3) is 5.46. The van der Waals surface area contributed by atoms with Gasteiger partial charge in [0.05, 0.1) is 18.9 Å². The minimum Gasteiger partial charge on any atom is -0.504 e. The Bertz CT molecular complexity index is 882. The first-order valence-corrected chi connectivity index (χ1v) is 7.39. The van der Waals surface area contributed by atoms with Gasteiger partial charge in [-0.05, 0) is 42.0 Å². The minimum absolute atomic E-state index is 0.0841. The standard InChI is InChI=1S/C17H14F3N3O4/c1-27-14-7-10(5-6-13(14)24)9-21-23-16(26)15(25)22-12-4-2-3-11(8-12)17(18,19)20/h2-9,24H,1H3,(H,22,25)(H,23,26). The van der Waals surface area contributed by atoms with Crippen molar-refractivity contribution in [2.75, 3.05) is 12.4 Å². The SMILES string of the molecule is COc1cc(C=NNC(=O)C(=O)Nc2cccc(C(F)(F)F)c2)ccc1O. The third-order valence-corrected chi connectivity index (χ3v) is 3.24. The van der Waals surface area contributed by atoms with E-state index in [1.54, 1.807) is 0 Å². The lowest BCUT2D eigenvalue weighted by atomic mass is 10.2. The lowest BCUT2D eigenvalue weighted by Crippen LogP contribution is -2.32. The Labute approximate surface area is 151 Å². The van der Waals surface area contributed by atoms with Crippen molar-refractivity contribution in [3.8, 4) is 11.5 Å². The number of alkyl halides is 3. The molecule has 0 aliphatic rings. The summed E-state index contributed by atoms with van der Waals surface area (Å²) in [6, 6.07) is 8.13. The largest absolute Gasteiger partial charge is 0.504 e. The maximum absolute atomic E-state index is 12.6. The number of aromatic hydroxyl groups is 1. The van der Waals surface area contributed by atoms with Gasteiger partial charge in [-0.15, -0.1) is 0 Å². The highest BCUT2D eigenvalue weighted by atomic mass is 19.4. The molecule has 2 aromatic carbocycles. The highest BCUT2D eigenvalue weighted by molar-refractivity contribution is 6.39. The van der Waals surface area contributed by atoms with Crippen molar-refractivity contribution in [3.05, 3.63) is 53.6 Å². The van der Waals surface area contributed by atoms with Crippen LogP contribution in [0.3, 0.4) is 0 Å². The zero-order valence-corrected chi connectivity index (χ0v) is 13.9. The van der Waals surface area contributed by atoms with E-state index >= 15 is 0 Å². The fraction of sp³-hybridized carbons (Fsp3) is 0.118. The maximum atomic E-state index is 12.6. The summed E-state index contributed by atoms with van der Waals surface area (Å²) in [5.74, 6) is -2.25. The number of phenolic OH excluding ortho intramolecular Hbond substituents is 1. The van der Waals surface area contributed by atoms with Crippen LogP contribution in [0.2, 0.25) is 0 Å². The summed E-state index contributed by atoms with van der Waals surface area (Å²) in [4.78, 5) is 23.4. The molecule has 0 radical (unpaired) electrons. The summed E-state index contributed by atoms with van der Waals surface area (Å²) in [6.45, 7) is 0. The molecule has 0 aromatic heterocycles. The number of hydrogen-bond acceptors (Lipinski definition) is 5. The van der Waals surface area contributed by atoms with E-state index in [0.717, 1.165) is 12.1 Å². The van der Waals surface area contributed by atoms with E-state index in [1.165, 1.54) is 37.6 Å². The quantitative estimate of drug-likeness (QED) is 0.430. The second kappa shape index (κ2) is 8.21. The summed E-state index contributed by atoms with van der Waals surface area (Å²) >= 11 is 0. The molecule has 0 unspecified atom stereocenters. The molecular formula is C17H14F3N3O4. The fourth-order valence-corrected chi connectivity index (χ4v) is 1.95. The number of halogens is 3. The molecule has 0 bridgehead atoms. The molecule has 2 aromatic rings. The molecule has 27 heavy (non-hydrogen) atoms. The first-order chi connectivity index (χ1) is 12.7. The first-order valence-electron chi connectivity index (χ1n) is 7.39. The first kappa shape index (κ1) is 19.8. The molecule has 0 saturated heterocycles. The molecule has 142 valence electrons. The van der Waals surface area contributed by atoms with Crippen molar-refractivity contribution < 1.29 is 32.6 Å². The van der Waals surface area contributed by atoms with Gasteiger partial charge in [0.1, 0.15) is 0 Å². The van der Waals surface area contributed by atoms with E-state index in [0.29, 0.717) is 11.6 Å². The van der Waals surface area contributed by atoms with Crippen LogP contribution in [-0.2, 0) is 15.8 Å². The van der Waals surface area contributed by atoms with Crippen LogP contribution in [0.5, 0.6) is 11.5 Å². The van der Waals surface area contributed by atoms with E-state index in [9.17, 15) is 27.9 Å². The molecule has 2 amide bonds. The van der Waals surface area contributed by atoms with Crippen molar-refractivity contribution in [2.24, 2.45) is 5.10 Å². The summed E-state index contributed by atoms with van der Waals surface area (Å²) in [6.07, 6.45) is -3.38. The number of rotatable bonds is 4. The van der Waals surface area contributed by atoms with Gasteiger partial charge in [-0.1, -0.05) is 6.07 Å². The molecule has 0 fully saturated rings. The predicted molar refractivity (Wildman–Crippen MR) is 90.5 cm³/mol. The van der Waals surface area contributed by atoms with E-state index in [-0.39, 0.29) is 17.2 Å². The van der Waals surface area contributed by atoms with Gasteiger partial charge in [-0.3, -0.25) is 9.59 Å². The van der Waals surface area contributed by atoms with Crippen LogP contribution in [0.1, 0.15) is 11.1 Å². The average Bonchev–Trinajstić information content (AvgIpc) is 2.62. The Balaban J connectivity index is 1.97. The molecule has 10 heteroatoms. The minimum atomic E-state index is -4.57. The number of benzene rings is 2. The number of hydrazone groups is 1.